The molecule has 0 unspecified atom stereocenters. The van der Waals surface area contributed by atoms with Crippen molar-refractivity contribution in [1.82, 2.24) is 14.9 Å². The molecule has 0 saturated heterocycles. The summed E-state index contributed by atoms with van der Waals surface area (Å²) in [5, 5.41) is 3.01. The minimum Gasteiger partial charge on any atom is -0.493 e. The summed E-state index contributed by atoms with van der Waals surface area (Å²) in [7, 11) is 1.66. The number of carbonyl (C=O) groups excluding carboxylic acids is 1. The van der Waals surface area contributed by atoms with E-state index in [0.717, 1.165) is 70.6 Å². The minimum atomic E-state index is -0.0638. The zero-order chi connectivity index (χ0) is 26.0. The largest absolute Gasteiger partial charge is 0.493 e. The summed E-state index contributed by atoms with van der Waals surface area (Å²) >= 11 is 3.40. The molecule has 3 aromatic carbocycles. The van der Waals surface area contributed by atoms with E-state index in [2.05, 4.69) is 38.5 Å². The molecule has 0 saturated carbocycles. The molecule has 0 aliphatic rings. The van der Waals surface area contributed by atoms with Crippen LogP contribution in [0.1, 0.15) is 34.6 Å². The van der Waals surface area contributed by atoms with E-state index < -0.39 is 0 Å². The van der Waals surface area contributed by atoms with Crippen LogP contribution in [-0.4, -0.2) is 35.7 Å². The fourth-order valence-electron chi connectivity index (χ4n) is 4.25. The molecule has 37 heavy (non-hydrogen) atoms. The summed E-state index contributed by atoms with van der Waals surface area (Å²) in [6.45, 7) is 5.73. The molecule has 7 heteroatoms. The van der Waals surface area contributed by atoms with Crippen molar-refractivity contribution in [1.29, 1.82) is 0 Å². The lowest BCUT2D eigenvalue weighted by Crippen LogP contribution is -2.25. The predicted molar refractivity (Wildman–Crippen MR) is 152 cm³/mol. The van der Waals surface area contributed by atoms with E-state index in [1.54, 1.807) is 7.11 Å². The highest BCUT2D eigenvalue weighted by Gasteiger charge is 2.12. The second-order valence-corrected chi connectivity index (χ2v) is 9.63. The molecule has 0 spiro atoms. The molecule has 4 aromatic rings. The lowest BCUT2D eigenvalue weighted by atomic mass is 10.1. The number of rotatable bonds is 13. The Labute approximate surface area is 226 Å². The molecule has 0 aliphatic carbocycles. The third-order valence-corrected chi connectivity index (χ3v) is 6.62. The van der Waals surface area contributed by atoms with Crippen molar-refractivity contribution >= 4 is 32.9 Å². The molecular formula is C30H32BrN3O3. The normalized spacial score (nSPS) is 10.9. The minimum absolute atomic E-state index is 0.0638. The van der Waals surface area contributed by atoms with Crippen LogP contribution in [0.25, 0.3) is 11.0 Å². The van der Waals surface area contributed by atoms with Crippen LogP contribution in [-0.2, 0) is 19.4 Å². The smallest absolute Gasteiger partial charge is 0.251 e. The van der Waals surface area contributed by atoms with Crippen LogP contribution in [0.15, 0.2) is 83.9 Å². The van der Waals surface area contributed by atoms with Gasteiger partial charge in [0.2, 0.25) is 0 Å². The summed E-state index contributed by atoms with van der Waals surface area (Å²) in [6.07, 6.45) is 5.07. The van der Waals surface area contributed by atoms with Gasteiger partial charge in [-0.1, -0.05) is 40.2 Å². The van der Waals surface area contributed by atoms with Gasteiger partial charge in [0.25, 0.3) is 5.91 Å². The Bertz CT molecular complexity index is 1350. The van der Waals surface area contributed by atoms with Gasteiger partial charge in [-0.15, -0.1) is 6.58 Å². The zero-order valence-corrected chi connectivity index (χ0v) is 22.7. The van der Waals surface area contributed by atoms with Gasteiger partial charge < -0.3 is 19.4 Å². The lowest BCUT2D eigenvalue weighted by Gasteiger charge is -2.13. The van der Waals surface area contributed by atoms with E-state index in [9.17, 15) is 4.79 Å². The van der Waals surface area contributed by atoms with Crippen LogP contribution in [0.5, 0.6) is 11.5 Å². The first-order chi connectivity index (χ1) is 18.1. The Morgan fingerprint density at radius 1 is 1.08 bits per heavy atom. The molecule has 4 rings (SSSR count). The first kappa shape index (κ1) is 26.5. The number of hydrogen-bond acceptors (Lipinski definition) is 4. The average molecular weight is 563 g/mol. The van der Waals surface area contributed by atoms with E-state index >= 15 is 0 Å². The Kier molecular flexibility index (Phi) is 9.38. The second kappa shape index (κ2) is 13.1. The highest BCUT2D eigenvalue weighted by atomic mass is 79.9. The highest BCUT2D eigenvalue weighted by Crippen LogP contribution is 2.28. The van der Waals surface area contributed by atoms with Crippen LogP contribution < -0.4 is 14.8 Å². The number of amides is 1. The Balaban J connectivity index is 1.33. The lowest BCUT2D eigenvalue weighted by molar-refractivity contribution is 0.0953. The number of fused-ring (bicyclic) bond motifs is 1. The fourth-order valence-corrected chi connectivity index (χ4v) is 4.51. The van der Waals surface area contributed by atoms with Gasteiger partial charge in [0.1, 0.15) is 5.82 Å². The molecule has 0 radical (unpaired) electrons. The number of nitrogens with zero attached hydrogens (tertiary/aromatic N) is 2. The summed E-state index contributed by atoms with van der Waals surface area (Å²) in [5.41, 5.74) is 3.89. The van der Waals surface area contributed by atoms with Crippen molar-refractivity contribution in [3.63, 3.8) is 0 Å². The highest BCUT2D eigenvalue weighted by molar-refractivity contribution is 9.10. The van der Waals surface area contributed by atoms with Crippen molar-refractivity contribution < 1.29 is 14.3 Å². The van der Waals surface area contributed by atoms with Crippen LogP contribution in [0, 0.1) is 0 Å². The van der Waals surface area contributed by atoms with Gasteiger partial charge in [-0.25, -0.2) is 4.98 Å². The van der Waals surface area contributed by atoms with Crippen molar-refractivity contribution in [2.75, 3.05) is 20.3 Å². The maximum atomic E-state index is 12.4. The maximum Gasteiger partial charge on any atom is 0.251 e. The standard InChI is InChI=1S/C30H32BrN3O3/c1-3-8-22-12-17-27(28(21-22)36-2)37-20-7-19-34-26-10-5-4-9-25(26)33-29(34)11-6-18-32-30(35)23-13-15-24(31)16-14-23/h3-5,9-10,12-17,21H,1,6-8,11,18-20H2,2H3,(H,32,35). The number of carbonyl (C=O) groups is 1. The van der Waals surface area contributed by atoms with Crippen LogP contribution >= 0.6 is 15.9 Å². The van der Waals surface area contributed by atoms with E-state index in [0.29, 0.717) is 18.7 Å². The van der Waals surface area contributed by atoms with E-state index in [1.807, 2.05) is 66.7 Å². The fraction of sp³-hybridized carbons (Fsp3) is 0.267. The first-order valence-corrected chi connectivity index (χ1v) is 13.3. The molecule has 0 fully saturated rings. The maximum absolute atomic E-state index is 12.4. The molecule has 1 amide bonds. The average Bonchev–Trinajstić information content (AvgIpc) is 3.27. The number of halogens is 1. The van der Waals surface area contributed by atoms with Gasteiger partial charge in [-0.05, 0) is 73.4 Å². The van der Waals surface area contributed by atoms with Gasteiger partial charge in [-0.3, -0.25) is 4.79 Å². The number of para-hydroxylation sites is 2. The molecule has 0 aliphatic heterocycles. The van der Waals surface area contributed by atoms with Crippen molar-refractivity contribution in [3.05, 3.63) is 101 Å². The number of ether oxygens (including phenoxy) is 2. The van der Waals surface area contributed by atoms with Gasteiger partial charge >= 0.3 is 0 Å². The van der Waals surface area contributed by atoms with Crippen LogP contribution in [0.3, 0.4) is 0 Å². The number of methoxy groups -OCH3 is 1. The Morgan fingerprint density at radius 2 is 1.89 bits per heavy atom. The Hall–Kier alpha value is -3.58. The third kappa shape index (κ3) is 7.01. The summed E-state index contributed by atoms with van der Waals surface area (Å²) < 4.78 is 14.8. The quantitative estimate of drug-likeness (QED) is 0.152. The number of allylic oxidation sites excluding steroid dienone is 1. The number of imidazole rings is 1. The van der Waals surface area contributed by atoms with E-state index in [1.165, 1.54) is 0 Å². The van der Waals surface area contributed by atoms with Crippen molar-refractivity contribution in [3.8, 4) is 11.5 Å². The number of aromatic nitrogens is 2. The van der Waals surface area contributed by atoms with Crippen molar-refractivity contribution in [2.45, 2.75) is 32.2 Å². The predicted octanol–water partition coefficient (Wildman–Crippen LogP) is 6.37. The molecule has 0 bridgehead atoms. The molecule has 1 N–H and O–H groups in total. The molecule has 0 atom stereocenters. The van der Waals surface area contributed by atoms with E-state index in [-0.39, 0.29) is 5.91 Å². The van der Waals surface area contributed by atoms with Gasteiger partial charge in [0.15, 0.2) is 11.5 Å². The third-order valence-electron chi connectivity index (χ3n) is 6.09. The summed E-state index contributed by atoms with van der Waals surface area (Å²) in [6, 6.07) is 21.5. The topological polar surface area (TPSA) is 65.4 Å². The number of hydrogen-bond donors (Lipinski definition) is 1. The first-order valence-electron chi connectivity index (χ1n) is 12.5. The SMILES string of the molecule is C=CCc1ccc(OCCCn2c(CCCNC(=O)c3ccc(Br)cc3)nc3ccccc32)c(OC)c1. The number of nitrogens with one attached hydrogen (secondary N) is 1. The number of benzene rings is 3. The zero-order valence-electron chi connectivity index (χ0n) is 21.1. The van der Waals surface area contributed by atoms with Gasteiger partial charge in [-0.2, -0.15) is 0 Å². The summed E-state index contributed by atoms with van der Waals surface area (Å²) in [4.78, 5) is 17.3. The van der Waals surface area contributed by atoms with Crippen LogP contribution in [0.2, 0.25) is 0 Å². The van der Waals surface area contributed by atoms with Crippen LogP contribution in [0.4, 0.5) is 0 Å². The number of aryl methyl sites for hydroxylation is 2. The van der Waals surface area contributed by atoms with E-state index in [4.69, 9.17) is 14.5 Å². The molecule has 6 nitrogen and oxygen atoms in total. The van der Waals surface area contributed by atoms with Gasteiger partial charge in [0.05, 0.1) is 24.8 Å². The van der Waals surface area contributed by atoms with Gasteiger partial charge in [0, 0.05) is 29.5 Å². The molecule has 1 aromatic heterocycles. The molecular weight excluding hydrogens is 530 g/mol. The van der Waals surface area contributed by atoms with Crippen molar-refractivity contribution in [2.24, 2.45) is 0 Å². The molecule has 1 heterocycles. The Morgan fingerprint density at radius 3 is 2.68 bits per heavy atom. The summed E-state index contributed by atoms with van der Waals surface area (Å²) in [5.74, 6) is 2.43. The molecule has 192 valence electrons. The second-order valence-electron chi connectivity index (χ2n) is 8.71. The monoisotopic (exact) mass is 561 g/mol.